The number of primary amides is 1. The summed E-state index contributed by atoms with van der Waals surface area (Å²) < 4.78 is 0. The fourth-order valence-electron chi connectivity index (χ4n) is 2.65. The molecule has 0 saturated carbocycles. The summed E-state index contributed by atoms with van der Waals surface area (Å²) in [6.07, 6.45) is 4.78. The van der Waals surface area contributed by atoms with Crippen LogP contribution in [0.5, 0.6) is 0 Å². The summed E-state index contributed by atoms with van der Waals surface area (Å²) in [5.74, 6) is 0.159. The molecule has 1 heterocycles. The van der Waals surface area contributed by atoms with E-state index in [1.807, 2.05) is 18.2 Å². The molecule has 0 aromatic heterocycles. The van der Waals surface area contributed by atoms with Crippen molar-refractivity contribution in [3.8, 4) is 0 Å². The number of benzene rings is 1. The Balaban J connectivity index is 1.90. The third-order valence-electron chi connectivity index (χ3n) is 4.23. The Morgan fingerprint density at radius 2 is 1.77 bits per heavy atom. The summed E-state index contributed by atoms with van der Waals surface area (Å²) in [7, 11) is 0. The van der Waals surface area contributed by atoms with Crippen LogP contribution in [0.3, 0.4) is 0 Å². The molecule has 2 rings (SSSR count). The maximum absolute atomic E-state index is 12.1. The standard InChI is InChI=1S/C18H24N2O2/c1-13(2)15-6-3-14(4-7-15)5-8-17(21)20-11-9-16(10-12-20)18(19)22/h3-8,13,16H,9-12H2,1-2H3,(H2,19,22)/b8-5+. The number of piperidine rings is 1. The first-order valence-corrected chi connectivity index (χ1v) is 7.83. The zero-order chi connectivity index (χ0) is 16.1. The number of carbonyl (C=O) groups is 2. The van der Waals surface area contributed by atoms with Gasteiger partial charge in [-0.25, -0.2) is 0 Å². The number of hydrogen-bond donors (Lipinski definition) is 1. The zero-order valence-electron chi connectivity index (χ0n) is 13.3. The molecular formula is C18H24N2O2. The smallest absolute Gasteiger partial charge is 0.246 e. The van der Waals surface area contributed by atoms with E-state index in [1.165, 1.54) is 5.56 Å². The first kappa shape index (κ1) is 16.3. The highest BCUT2D eigenvalue weighted by Crippen LogP contribution is 2.18. The number of hydrogen-bond acceptors (Lipinski definition) is 2. The minimum atomic E-state index is -0.257. The molecule has 0 spiro atoms. The molecule has 22 heavy (non-hydrogen) atoms. The van der Waals surface area contributed by atoms with Crippen LogP contribution in [0.2, 0.25) is 0 Å². The molecule has 0 aliphatic carbocycles. The molecule has 0 radical (unpaired) electrons. The molecule has 2 N–H and O–H groups in total. The molecule has 4 heteroatoms. The fraction of sp³-hybridized carbons (Fsp3) is 0.444. The van der Waals surface area contributed by atoms with E-state index in [0.717, 1.165) is 5.56 Å². The van der Waals surface area contributed by atoms with Gasteiger partial charge in [0.2, 0.25) is 11.8 Å². The van der Waals surface area contributed by atoms with Crippen molar-refractivity contribution in [1.29, 1.82) is 0 Å². The summed E-state index contributed by atoms with van der Waals surface area (Å²) in [6.45, 7) is 5.51. The van der Waals surface area contributed by atoms with Gasteiger partial charge in [0.1, 0.15) is 0 Å². The fourth-order valence-corrected chi connectivity index (χ4v) is 2.65. The van der Waals surface area contributed by atoms with E-state index < -0.39 is 0 Å². The number of amides is 2. The van der Waals surface area contributed by atoms with Gasteiger partial charge in [-0.15, -0.1) is 0 Å². The van der Waals surface area contributed by atoms with Crippen LogP contribution in [-0.2, 0) is 9.59 Å². The average Bonchev–Trinajstić information content (AvgIpc) is 2.53. The van der Waals surface area contributed by atoms with Gasteiger partial charge >= 0.3 is 0 Å². The molecule has 1 aliphatic heterocycles. The second-order valence-corrected chi connectivity index (χ2v) is 6.16. The van der Waals surface area contributed by atoms with Crippen LogP contribution in [0.4, 0.5) is 0 Å². The van der Waals surface area contributed by atoms with E-state index in [2.05, 4.69) is 26.0 Å². The van der Waals surface area contributed by atoms with Gasteiger partial charge in [0.15, 0.2) is 0 Å². The van der Waals surface area contributed by atoms with Gasteiger partial charge in [0.05, 0.1) is 0 Å². The Labute approximate surface area is 132 Å². The minimum absolute atomic E-state index is 0.00384. The Morgan fingerprint density at radius 1 is 1.18 bits per heavy atom. The largest absolute Gasteiger partial charge is 0.369 e. The topological polar surface area (TPSA) is 63.4 Å². The van der Waals surface area contributed by atoms with Crippen LogP contribution in [0.15, 0.2) is 30.3 Å². The van der Waals surface area contributed by atoms with E-state index >= 15 is 0 Å². The van der Waals surface area contributed by atoms with Crippen LogP contribution in [0.25, 0.3) is 6.08 Å². The lowest BCUT2D eigenvalue weighted by Crippen LogP contribution is -2.41. The van der Waals surface area contributed by atoms with Crippen molar-refractivity contribution in [2.75, 3.05) is 13.1 Å². The summed E-state index contributed by atoms with van der Waals surface area (Å²) in [5, 5.41) is 0. The summed E-state index contributed by atoms with van der Waals surface area (Å²) in [4.78, 5) is 25.0. The lowest BCUT2D eigenvalue weighted by atomic mass is 9.96. The molecule has 0 bridgehead atoms. The second kappa shape index (κ2) is 7.25. The van der Waals surface area contributed by atoms with Gasteiger partial charge in [-0.1, -0.05) is 38.1 Å². The first-order valence-electron chi connectivity index (χ1n) is 7.83. The Hall–Kier alpha value is -2.10. The van der Waals surface area contributed by atoms with Gasteiger partial charge in [-0.05, 0) is 36.0 Å². The molecule has 1 aliphatic rings. The van der Waals surface area contributed by atoms with E-state index in [-0.39, 0.29) is 17.7 Å². The Bertz CT molecular complexity index is 553. The van der Waals surface area contributed by atoms with Crippen molar-refractivity contribution >= 4 is 17.9 Å². The summed E-state index contributed by atoms with van der Waals surface area (Å²) in [6, 6.07) is 8.23. The number of likely N-dealkylation sites (tertiary alicyclic amines) is 1. The normalized spacial score (nSPS) is 16.4. The predicted molar refractivity (Wildman–Crippen MR) is 88.1 cm³/mol. The molecule has 1 saturated heterocycles. The van der Waals surface area contributed by atoms with E-state index in [0.29, 0.717) is 31.8 Å². The van der Waals surface area contributed by atoms with Crippen molar-refractivity contribution in [2.24, 2.45) is 11.7 Å². The highest BCUT2D eigenvalue weighted by atomic mass is 16.2. The van der Waals surface area contributed by atoms with E-state index in [4.69, 9.17) is 5.73 Å². The van der Waals surface area contributed by atoms with Crippen molar-refractivity contribution in [3.05, 3.63) is 41.5 Å². The molecule has 1 aromatic rings. The number of rotatable bonds is 4. The van der Waals surface area contributed by atoms with Crippen molar-refractivity contribution in [3.63, 3.8) is 0 Å². The molecule has 0 unspecified atom stereocenters. The predicted octanol–water partition coefficient (Wildman–Crippen LogP) is 2.55. The van der Waals surface area contributed by atoms with Crippen LogP contribution in [0.1, 0.15) is 43.7 Å². The lowest BCUT2D eigenvalue weighted by Gasteiger charge is -2.29. The number of nitrogens with zero attached hydrogens (tertiary/aromatic N) is 1. The van der Waals surface area contributed by atoms with Crippen molar-refractivity contribution in [1.82, 2.24) is 4.90 Å². The van der Waals surface area contributed by atoms with Gasteiger partial charge in [0, 0.05) is 25.1 Å². The van der Waals surface area contributed by atoms with Gasteiger partial charge in [0.25, 0.3) is 0 Å². The average molecular weight is 300 g/mol. The Kier molecular flexibility index (Phi) is 5.36. The molecule has 118 valence electrons. The Morgan fingerprint density at radius 3 is 2.27 bits per heavy atom. The highest BCUT2D eigenvalue weighted by molar-refractivity contribution is 5.92. The summed E-state index contributed by atoms with van der Waals surface area (Å²) >= 11 is 0. The van der Waals surface area contributed by atoms with Crippen molar-refractivity contribution in [2.45, 2.75) is 32.6 Å². The second-order valence-electron chi connectivity index (χ2n) is 6.16. The van der Waals surface area contributed by atoms with Gasteiger partial charge in [-0.2, -0.15) is 0 Å². The maximum Gasteiger partial charge on any atom is 0.246 e. The van der Waals surface area contributed by atoms with Crippen LogP contribution in [-0.4, -0.2) is 29.8 Å². The quantitative estimate of drug-likeness (QED) is 0.869. The number of nitrogens with two attached hydrogens (primary N) is 1. The van der Waals surface area contributed by atoms with Gasteiger partial charge in [-0.3, -0.25) is 9.59 Å². The summed E-state index contributed by atoms with van der Waals surface area (Å²) in [5.41, 5.74) is 7.61. The molecule has 1 aromatic carbocycles. The van der Waals surface area contributed by atoms with E-state index in [1.54, 1.807) is 11.0 Å². The van der Waals surface area contributed by atoms with Gasteiger partial charge < -0.3 is 10.6 Å². The lowest BCUT2D eigenvalue weighted by molar-refractivity contribution is -0.130. The monoisotopic (exact) mass is 300 g/mol. The first-order chi connectivity index (χ1) is 10.5. The maximum atomic E-state index is 12.1. The highest BCUT2D eigenvalue weighted by Gasteiger charge is 2.24. The zero-order valence-corrected chi connectivity index (χ0v) is 13.3. The third-order valence-corrected chi connectivity index (χ3v) is 4.23. The van der Waals surface area contributed by atoms with E-state index in [9.17, 15) is 9.59 Å². The molecule has 0 atom stereocenters. The van der Waals surface area contributed by atoms with Crippen LogP contribution < -0.4 is 5.73 Å². The molecule has 1 fully saturated rings. The van der Waals surface area contributed by atoms with Crippen molar-refractivity contribution < 1.29 is 9.59 Å². The minimum Gasteiger partial charge on any atom is -0.369 e. The SMILES string of the molecule is CC(C)c1ccc(/C=C/C(=O)N2CCC(C(N)=O)CC2)cc1. The molecular weight excluding hydrogens is 276 g/mol. The van der Waals surface area contributed by atoms with Crippen LogP contribution in [0, 0.1) is 5.92 Å². The number of carbonyl (C=O) groups excluding carboxylic acids is 2. The molecule has 4 nitrogen and oxygen atoms in total. The molecule has 2 amide bonds. The third kappa shape index (κ3) is 4.20. The van der Waals surface area contributed by atoms with Crippen LogP contribution >= 0.6 is 0 Å².